The summed E-state index contributed by atoms with van der Waals surface area (Å²) in [5.74, 6) is -0.416. The summed E-state index contributed by atoms with van der Waals surface area (Å²) in [6.45, 7) is 5.71. The number of carbonyl (C=O) groups is 2. The van der Waals surface area contributed by atoms with Gasteiger partial charge < -0.3 is 19.8 Å². The molecule has 4 atom stereocenters. The van der Waals surface area contributed by atoms with Crippen LogP contribution in [0.5, 0.6) is 0 Å². The Hall–Kier alpha value is -2.39. The van der Waals surface area contributed by atoms with Crippen molar-refractivity contribution in [1.82, 2.24) is 15.4 Å². The maximum absolute atomic E-state index is 13.7. The molecule has 0 bridgehead atoms. The molecule has 0 aliphatic carbocycles. The lowest BCUT2D eigenvalue weighted by atomic mass is 9.53. The number of carbonyl (C=O) groups excluding carboxylic acids is 2. The van der Waals surface area contributed by atoms with Gasteiger partial charge in [-0.05, 0) is 36.6 Å². The minimum Gasteiger partial charge on any atom is -0.391 e. The number of β-amino-alcohol motifs (C(OH)–C–C–N with tert-alkyl or cyclic N) is 1. The van der Waals surface area contributed by atoms with Crippen molar-refractivity contribution in [3.63, 3.8) is 0 Å². The molecule has 2 N–H and O–H groups in total. The predicted octanol–water partition coefficient (Wildman–Crippen LogP) is 0.995. The van der Waals surface area contributed by atoms with Crippen molar-refractivity contribution >= 4 is 54.1 Å². The fourth-order valence-electron chi connectivity index (χ4n) is 4.45. The van der Waals surface area contributed by atoms with Gasteiger partial charge in [0.25, 0.3) is 5.91 Å². The molecule has 33 heavy (non-hydrogen) atoms. The summed E-state index contributed by atoms with van der Waals surface area (Å²) in [5.41, 5.74) is 0.0630. The molecule has 2 aliphatic rings. The lowest BCUT2D eigenvalue weighted by Gasteiger charge is -2.29. The molecule has 4 rings (SSSR count). The maximum Gasteiger partial charge on any atom is 0.257 e. The van der Waals surface area contributed by atoms with Crippen LogP contribution in [0, 0.1) is 5.92 Å². The molecule has 169 valence electrons. The molecule has 3 heterocycles. The van der Waals surface area contributed by atoms with Crippen molar-refractivity contribution < 1.29 is 19.2 Å². The summed E-state index contributed by atoms with van der Waals surface area (Å²) in [6, 6.07) is 8.48. The topological polar surface area (TPSA) is 108 Å². The Bertz CT molecular complexity index is 1090. The second-order valence-electron chi connectivity index (χ2n) is 8.97. The van der Waals surface area contributed by atoms with Crippen molar-refractivity contribution in [3.05, 3.63) is 46.1 Å². The van der Waals surface area contributed by atoms with E-state index in [0.717, 1.165) is 10.0 Å². The summed E-state index contributed by atoms with van der Waals surface area (Å²) in [5, 5.41) is 17.2. The fraction of sp³-hybridized carbons (Fsp3) is 0.455. The van der Waals surface area contributed by atoms with Crippen LogP contribution in [0.1, 0.15) is 44.4 Å². The van der Waals surface area contributed by atoms with E-state index in [0.29, 0.717) is 17.2 Å². The molecular weight excluding hydrogens is 486 g/mol. The van der Waals surface area contributed by atoms with Crippen LogP contribution in [-0.2, 0) is 15.1 Å². The monoisotopic (exact) mass is 509 g/mol. The van der Waals surface area contributed by atoms with E-state index >= 15 is 0 Å². The summed E-state index contributed by atoms with van der Waals surface area (Å²) < 4.78 is 6.29. The number of nitrogens with one attached hydrogen (secondary N) is 1. The molecule has 1 saturated heterocycles. The van der Waals surface area contributed by atoms with E-state index in [2.05, 4.69) is 26.4 Å². The van der Waals surface area contributed by atoms with Gasteiger partial charge in [-0.15, -0.1) is 0 Å². The number of amidine groups is 1. The molecule has 0 spiro atoms. The summed E-state index contributed by atoms with van der Waals surface area (Å²) in [7, 11) is 6.83. The highest BCUT2D eigenvalue weighted by Crippen LogP contribution is 2.35. The third-order valence-electron chi connectivity index (χ3n) is 6.27. The van der Waals surface area contributed by atoms with Gasteiger partial charge >= 0.3 is 0 Å². The van der Waals surface area contributed by atoms with Gasteiger partial charge in [0.2, 0.25) is 5.91 Å². The number of likely N-dealkylation sites (tertiary alicyclic amines) is 1. The smallest absolute Gasteiger partial charge is 0.257 e. The van der Waals surface area contributed by atoms with E-state index in [1.165, 1.54) is 7.17 Å². The number of rotatable bonds is 6. The zero-order valence-corrected chi connectivity index (χ0v) is 20.2. The van der Waals surface area contributed by atoms with Gasteiger partial charge in [0.1, 0.15) is 24.7 Å². The van der Waals surface area contributed by atoms with E-state index in [1.807, 2.05) is 38.1 Å². The molecule has 2 aromatic rings. The predicted molar refractivity (Wildman–Crippen MR) is 128 cm³/mol. The SMILES string of the molecule is [B][B]c1cc(C(C(=O)N2CC(O)CC2C2=NC(C)(c3ccc(Br)cc3)C(=O)N2)C(C)C)on1. The van der Waals surface area contributed by atoms with E-state index < -0.39 is 23.6 Å². The lowest BCUT2D eigenvalue weighted by Crippen LogP contribution is -2.48. The van der Waals surface area contributed by atoms with Gasteiger partial charge in [-0.25, -0.2) is 4.99 Å². The van der Waals surface area contributed by atoms with Gasteiger partial charge in [0, 0.05) is 30.8 Å². The van der Waals surface area contributed by atoms with Crippen molar-refractivity contribution in [2.75, 3.05) is 6.54 Å². The van der Waals surface area contributed by atoms with Gasteiger partial charge in [-0.3, -0.25) is 9.59 Å². The zero-order chi connectivity index (χ0) is 23.9. The van der Waals surface area contributed by atoms with Crippen LogP contribution >= 0.6 is 15.9 Å². The lowest BCUT2D eigenvalue weighted by molar-refractivity contribution is -0.134. The fourth-order valence-corrected chi connectivity index (χ4v) is 4.71. The number of halogens is 1. The van der Waals surface area contributed by atoms with E-state index in [9.17, 15) is 14.7 Å². The molecule has 2 amide bonds. The Balaban J connectivity index is 1.65. The molecule has 1 aromatic carbocycles. The first-order valence-electron chi connectivity index (χ1n) is 10.8. The first-order valence-corrected chi connectivity index (χ1v) is 11.6. The van der Waals surface area contributed by atoms with Crippen LogP contribution in [0.3, 0.4) is 0 Å². The molecule has 2 aliphatic heterocycles. The highest BCUT2D eigenvalue weighted by molar-refractivity contribution is 9.10. The number of aliphatic hydroxyl groups excluding tert-OH is 1. The average molecular weight is 510 g/mol. The Morgan fingerprint density at radius 3 is 2.70 bits per heavy atom. The average Bonchev–Trinajstić information content (AvgIpc) is 3.46. The number of amides is 2. The van der Waals surface area contributed by atoms with Crippen LogP contribution < -0.4 is 10.9 Å². The second kappa shape index (κ2) is 9.10. The highest BCUT2D eigenvalue weighted by Gasteiger charge is 2.48. The van der Waals surface area contributed by atoms with Crippen LogP contribution in [0.2, 0.25) is 0 Å². The molecule has 8 nitrogen and oxygen atoms in total. The molecule has 0 saturated carbocycles. The summed E-state index contributed by atoms with van der Waals surface area (Å²) in [6.07, 6.45) is -0.446. The van der Waals surface area contributed by atoms with Gasteiger partial charge in [0.05, 0.1) is 12.1 Å². The molecule has 11 heteroatoms. The summed E-state index contributed by atoms with van der Waals surface area (Å²) in [4.78, 5) is 32.9. The molecule has 1 fully saturated rings. The highest BCUT2D eigenvalue weighted by atomic mass is 79.9. The zero-order valence-electron chi connectivity index (χ0n) is 18.7. The van der Waals surface area contributed by atoms with Crippen LogP contribution in [0.25, 0.3) is 0 Å². The minimum atomic E-state index is -1.12. The normalized spacial score (nSPS) is 25.8. The van der Waals surface area contributed by atoms with Crippen LogP contribution in [0.15, 0.2) is 44.3 Å². The first kappa shape index (κ1) is 23.8. The number of aromatic nitrogens is 1. The standard InChI is InChI=1S/C22H24B2BrN4O4/c1-11(2)18(16-9-17(24-23)28-33-16)20(31)29-10-14(30)8-15(29)19-26-21(32)22(3,27-19)12-4-6-13(25)7-5-12/h4-7,9,11,14-15,18,30H,8,10H2,1-3H3,(H,26,27,32). The van der Waals surface area contributed by atoms with Crippen molar-refractivity contribution in [2.45, 2.75) is 50.8 Å². The third-order valence-corrected chi connectivity index (χ3v) is 6.80. The maximum atomic E-state index is 13.7. The Labute approximate surface area is 202 Å². The molecule has 1 aromatic heterocycles. The number of hydrogen-bond donors (Lipinski definition) is 2. The minimum absolute atomic E-state index is 0.0948. The van der Waals surface area contributed by atoms with Crippen molar-refractivity contribution in [3.8, 4) is 0 Å². The van der Waals surface area contributed by atoms with Crippen molar-refractivity contribution in [1.29, 1.82) is 0 Å². The Kier molecular flexibility index (Phi) is 6.55. The first-order chi connectivity index (χ1) is 15.6. The number of nitrogens with zero attached hydrogens (tertiary/aromatic N) is 3. The third kappa shape index (κ3) is 4.40. The van der Waals surface area contributed by atoms with Gasteiger partial charge in [-0.2, -0.15) is 0 Å². The summed E-state index contributed by atoms with van der Waals surface area (Å²) >= 11 is 3.40. The second-order valence-corrected chi connectivity index (χ2v) is 9.88. The van der Waals surface area contributed by atoms with E-state index in [1.54, 1.807) is 17.9 Å². The van der Waals surface area contributed by atoms with E-state index in [4.69, 9.17) is 17.3 Å². The Morgan fingerprint density at radius 2 is 2.09 bits per heavy atom. The molecule has 3 radical (unpaired) electrons. The van der Waals surface area contributed by atoms with E-state index in [-0.39, 0.29) is 30.7 Å². The molecular formula is C22H24B2BrN4O4. The van der Waals surface area contributed by atoms with Gasteiger partial charge in [0.15, 0.2) is 5.54 Å². The number of benzene rings is 1. The van der Waals surface area contributed by atoms with Gasteiger partial charge in [-0.1, -0.05) is 47.1 Å². The number of aliphatic hydroxyl groups is 1. The molecule has 4 unspecified atom stereocenters. The quantitative estimate of drug-likeness (QED) is 0.565. The van der Waals surface area contributed by atoms with Crippen LogP contribution in [0.4, 0.5) is 0 Å². The largest absolute Gasteiger partial charge is 0.391 e. The Morgan fingerprint density at radius 1 is 1.39 bits per heavy atom. The van der Waals surface area contributed by atoms with Crippen LogP contribution in [-0.4, -0.2) is 66.4 Å². The number of aliphatic imine (C=N–C) groups is 1. The number of hydrogen-bond acceptors (Lipinski definition) is 6. The van der Waals surface area contributed by atoms with Crippen molar-refractivity contribution in [2.24, 2.45) is 10.9 Å².